The molecule has 1 fully saturated rings. The molecular weight excluding hydrogens is 362 g/mol. The molecule has 0 saturated carbocycles. The summed E-state index contributed by atoms with van der Waals surface area (Å²) in [5, 5.41) is 2.96. The highest BCUT2D eigenvalue weighted by molar-refractivity contribution is 6.03. The molecule has 2 heterocycles. The molecule has 0 radical (unpaired) electrons. The molecule has 1 N–H and O–H groups in total. The minimum Gasteiger partial charge on any atom is -0.368 e. The van der Waals surface area contributed by atoms with E-state index in [1.54, 1.807) is 6.07 Å². The molecule has 0 aliphatic carbocycles. The third kappa shape index (κ3) is 4.37. The van der Waals surface area contributed by atoms with Crippen LogP contribution in [-0.4, -0.2) is 42.1 Å². The first kappa shape index (κ1) is 18.9. The molecule has 3 aromatic rings. The number of rotatable bonds is 4. The number of aromatic nitrogens is 2. The Morgan fingerprint density at radius 2 is 1.52 bits per heavy atom. The van der Waals surface area contributed by atoms with E-state index in [1.165, 1.54) is 5.69 Å². The van der Waals surface area contributed by atoms with Crippen molar-refractivity contribution in [2.24, 2.45) is 0 Å². The molecule has 0 bridgehead atoms. The summed E-state index contributed by atoms with van der Waals surface area (Å²) in [6.45, 7) is 7.33. The maximum Gasteiger partial charge on any atom is 0.274 e. The van der Waals surface area contributed by atoms with Gasteiger partial charge in [0.1, 0.15) is 17.3 Å². The number of nitrogens with one attached hydrogen (secondary N) is 1. The van der Waals surface area contributed by atoms with Gasteiger partial charge in [0.2, 0.25) is 0 Å². The summed E-state index contributed by atoms with van der Waals surface area (Å²) in [6.07, 6.45) is 0. The van der Waals surface area contributed by atoms with Crippen LogP contribution < -0.4 is 15.1 Å². The fourth-order valence-corrected chi connectivity index (χ4v) is 3.56. The number of carbonyl (C=O) groups excluding carboxylic acids is 1. The first-order chi connectivity index (χ1) is 14.1. The van der Waals surface area contributed by atoms with E-state index in [9.17, 15) is 4.79 Å². The number of aryl methyl sites for hydroxylation is 2. The average Bonchev–Trinajstić information content (AvgIpc) is 2.75. The van der Waals surface area contributed by atoms with Crippen molar-refractivity contribution in [1.29, 1.82) is 0 Å². The lowest BCUT2D eigenvalue weighted by Crippen LogP contribution is -2.47. The van der Waals surface area contributed by atoms with Gasteiger partial charge in [-0.25, -0.2) is 9.97 Å². The zero-order chi connectivity index (χ0) is 20.2. The SMILES string of the molecule is Cc1nc(C(=O)Nc2ccccc2C)cc(N2CCN(c3ccccc3)CC2)n1. The lowest BCUT2D eigenvalue weighted by molar-refractivity contribution is 0.102. The third-order valence-electron chi connectivity index (χ3n) is 5.18. The largest absolute Gasteiger partial charge is 0.368 e. The molecule has 4 rings (SSSR count). The topological polar surface area (TPSA) is 61.4 Å². The smallest absolute Gasteiger partial charge is 0.274 e. The minimum atomic E-state index is -0.214. The van der Waals surface area contributed by atoms with Gasteiger partial charge in [-0.3, -0.25) is 4.79 Å². The zero-order valence-corrected chi connectivity index (χ0v) is 16.8. The standard InChI is InChI=1S/C23H25N5O/c1-17-8-6-7-11-20(17)26-23(29)21-16-22(25-18(2)24-21)28-14-12-27(13-15-28)19-9-4-3-5-10-19/h3-11,16H,12-15H2,1-2H3,(H,26,29). The summed E-state index contributed by atoms with van der Waals surface area (Å²) in [6, 6.07) is 20.0. The van der Waals surface area contributed by atoms with Crippen LogP contribution in [0, 0.1) is 13.8 Å². The Morgan fingerprint density at radius 1 is 0.862 bits per heavy atom. The predicted octanol–water partition coefficient (Wildman–Crippen LogP) is 3.67. The van der Waals surface area contributed by atoms with E-state index in [-0.39, 0.29) is 5.91 Å². The molecule has 6 heteroatoms. The van der Waals surface area contributed by atoms with Crippen LogP contribution >= 0.6 is 0 Å². The van der Waals surface area contributed by atoms with Gasteiger partial charge in [0.15, 0.2) is 0 Å². The van der Waals surface area contributed by atoms with E-state index in [0.29, 0.717) is 11.5 Å². The Bertz CT molecular complexity index is 997. The molecule has 148 valence electrons. The number of piperazine rings is 1. The minimum absolute atomic E-state index is 0.214. The molecule has 0 atom stereocenters. The van der Waals surface area contributed by atoms with Crippen molar-refractivity contribution in [3.05, 3.63) is 77.7 Å². The Morgan fingerprint density at radius 3 is 2.24 bits per heavy atom. The Labute approximate surface area is 171 Å². The fourth-order valence-electron chi connectivity index (χ4n) is 3.56. The first-order valence-electron chi connectivity index (χ1n) is 9.88. The number of hydrogen-bond acceptors (Lipinski definition) is 5. The van der Waals surface area contributed by atoms with E-state index < -0.39 is 0 Å². The predicted molar refractivity (Wildman–Crippen MR) is 117 cm³/mol. The molecule has 1 aliphatic heterocycles. The Balaban J connectivity index is 1.47. The van der Waals surface area contributed by atoms with Gasteiger partial charge < -0.3 is 15.1 Å². The lowest BCUT2D eigenvalue weighted by atomic mass is 10.2. The van der Waals surface area contributed by atoms with Gasteiger partial charge in [-0.2, -0.15) is 0 Å². The lowest BCUT2D eigenvalue weighted by Gasteiger charge is -2.36. The van der Waals surface area contributed by atoms with Crippen molar-refractivity contribution < 1.29 is 4.79 Å². The molecule has 29 heavy (non-hydrogen) atoms. The number of amides is 1. The van der Waals surface area contributed by atoms with Crippen molar-refractivity contribution in [3.63, 3.8) is 0 Å². The summed E-state index contributed by atoms with van der Waals surface area (Å²) in [5.41, 5.74) is 3.45. The number of carbonyl (C=O) groups is 1. The van der Waals surface area contributed by atoms with Crippen molar-refractivity contribution in [2.45, 2.75) is 13.8 Å². The molecule has 1 aliphatic rings. The highest BCUT2D eigenvalue weighted by Gasteiger charge is 2.20. The molecule has 0 spiro atoms. The van der Waals surface area contributed by atoms with Crippen molar-refractivity contribution in [2.75, 3.05) is 41.3 Å². The fraction of sp³-hybridized carbons (Fsp3) is 0.261. The van der Waals surface area contributed by atoms with Gasteiger partial charge in [0.05, 0.1) is 0 Å². The van der Waals surface area contributed by atoms with E-state index in [1.807, 2.05) is 44.2 Å². The zero-order valence-electron chi connectivity index (χ0n) is 16.8. The van der Waals surface area contributed by atoms with Gasteiger partial charge >= 0.3 is 0 Å². The second kappa shape index (κ2) is 8.31. The second-order valence-electron chi connectivity index (χ2n) is 7.24. The summed E-state index contributed by atoms with van der Waals surface area (Å²) in [7, 11) is 0. The Hall–Kier alpha value is -3.41. The van der Waals surface area contributed by atoms with Crippen LogP contribution in [0.25, 0.3) is 0 Å². The highest BCUT2D eigenvalue weighted by atomic mass is 16.1. The molecule has 1 amide bonds. The van der Waals surface area contributed by atoms with Gasteiger partial charge in [0.25, 0.3) is 5.91 Å². The normalized spacial score (nSPS) is 14.0. The molecule has 0 unspecified atom stereocenters. The first-order valence-corrected chi connectivity index (χ1v) is 9.88. The van der Waals surface area contributed by atoms with Gasteiger partial charge in [-0.05, 0) is 37.6 Å². The summed E-state index contributed by atoms with van der Waals surface area (Å²) in [5.74, 6) is 1.19. The molecule has 1 aromatic heterocycles. The van der Waals surface area contributed by atoms with Crippen LogP contribution in [0.2, 0.25) is 0 Å². The van der Waals surface area contributed by atoms with Crippen LogP contribution in [0.5, 0.6) is 0 Å². The third-order valence-corrected chi connectivity index (χ3v) is 5.18. The van der Waals surface area contributed by atoms with Crippen molar-refractivity contribution >= 4 is 23.1 Å². The van der Waals surface area contributed by atoms with E-state index in [0.717, 1.165) is 43.2 Å². The van der Waals surface area contributed by atoms with Gasteiger partial charge in [0, 0.05) is 43.6 Å². The summed E-state index contributed by atoms with van der Waals surface area (Å²) in [4.78, 5) is 26.3. The molecule has 1 saturated heterocycles. The van der Waals surface area contributed by atoms with Crippen LogP contribution in [-0.2, 0) is 0 Å². The van der Waals surface area contributed by atoms with Crippen LogP contribution in [0.3, 0.4) is 0 Å². The maximum absolute atomic E-state index is 12.8. The summed E-state index contributed by atoms with van der Waals surface area (Å²) < 4.78 is 0. The number of anilines is 3. The van der Waals surface area contributed by atoms with Crippen LogP contribution in [0.15, 0.2) is 60.7 Å². The van der Waals surface area contributed by atoms with E-state index in [2.05, 4.69) is 49.4 Å². The number of para-hydroxylation sites is 2. The molecular formula is C23H25N5O. The van der Waals surface area contributed by atoms with Gasteiger partial charge in [-0.15, -0.1) is 0 Å². The van der Waals surface area contributed by atoms with Gasteiger partial charge in [-0.1, -0.05) is 36.4 Å². The van der Waals surface area contributed by atoms with Crippen LogP contribution in [0.1, 0.15) is 21.9 Å². The summed E-state index contributed by atoms with van der Waals surface area (Å²) >= 11 is 0. The Kier molecular flexibility index (Phi) is 5.42. The van der Waals surface area contributed by atoms with E-state index >= 15 is 0 Å². The maximum atomic E-state index is 12.8. The average molecular weight is 387 g/mol. The monoisotopic (exact) mass is 387 g/mol. The second-order valence-corrected chi connectivity index (χ2v) is 7.24. The number of benzene rings is 2. The van der Waals surface area contributed by atoms with Crippen LogP contribution in [0.4, 0.5) is 17.2 Å². The molecule has 6 nitrogen and oxygen atoms in total. The van der Waals surface area contributed by atoms with Crippen molar-refractivity contribution in [3.8, 4) is 0 Å². The van der Waals surface area contributed by atoms with E-state index in [4.69, 9.17) is 0 Å². The molecule has 2 aromatic carbocycles. The van der Waals surface area contributed by atoms with Crippen molar-refractivity contribution in [1.82, 2.24) is 9.97 Å². The highest BCUT2D eigenvalue weighted by Crippen LogP contribution is 2.20. The number of hydrogen-bond donors (Lipinski definition) is 1. The number of nitrogens with zero attached hydrogens (tertiary/aromatic N) is 4. The quantitative estimate of drug-likeness (QED) is 0.740.